The summed E-state index contributed by atoms with van der Waals surface area (Å²) >= 11 is 0. The number of halogens is 1. The molecule has 2 aliphatic rings. The van der Waals surface area contributed by atoms with Gasteiger partial charge in [-0.1, -0.05) is 0 Å². The van der Waals surface area contributed by atoms with Gasteiger partial charge in [0, 0.05) is 30.9 Å². The number of hydrogen-bond acceptors (Lipinski definition) is 6. The second-order valence-corrected chi connectivity index (χ2v) is 8.00. The van der Waals surface area contributed by atoms with Crippen molar-refractivity contribution in [2.75, 3.05) is 38.6 Å². The average Bonchev–Trinajstić information content (AvgIpc) is 3.15. The van der Waals surface area contributed by atoms with Gasteiger partial charge in [-0.05, 0) is 37.1 Å². The predicted octanol–water partition coefficient (Wildman–Crippen LogP) is 2.58. The van der Waals surface area contributed by atoms with E-state index < -0.39 is 12.2 Å². The number of methoxy groups -OCH3 is 1. The van der Waals surface area contributed by atoms with Crippen molar-refractivity contribution in [1.29, 1.82) is 5.26 Å². The summed E-state index contributed by atoms with van der Waals surface area (Å²) in [5.41, 5.74) is 1.89. The van der Waals surface area contributed by atoms with Crippen molar-refractivity contribution in [3.05, 3.63) is 30.5 Å². The fourth-order valence-corrected chi connectivity index (χ4v) is 4.25. The Hall–Kier alpha value is -2.92. The van der Waals surface area contributed by atoms with Gasteiger partial charge in [0.2, 0.25) is 5.91 Å². The topological polar surface area (TPSA) is 81.5 Å². The van der Waals surface area contributed by atoms with Crippen LogP contribution in [0.15, 0.2) is 30.5 Å². The summed E-state index contributed by atoms with van der Waals surface area (Å²) in [6.07, 6.45) is 2.67. The molecule has 8 heteroatoms. The smallest absolute Gasteiger partial charge is 0.237 e. The van der Waals surface area contributed by atoms with E-state index in [4.69, 9.17) is 10.00 Å². The van der Waals surface area contributed by atoms with Crippen LogP contribution in [0.3, 0.4) is 0 Å². The molecule has 1 aromatic carbocycles. The van der Waals surface area contributed by atoms with Crippen LogP contribution in [0.2, 0.25) is 0 Å². The van der Waals surface area contributed by atoms with Gasteiger partial charge in [0.05, 0.1) is 43.7 Å². The highest BCUT2D eigenvalue weighted by molar-refractivity contribution is 5.83. The lowest BCUT2D eigenvalue weighted by Crippen LogP contribution is -2.46. The number of rotatable bonds is 5. The Morgan fingerprint density at radius 3 is 2.90 bits per heavy atom. The van der Waals surface area contributed by atoms with Crippen molar-refractivity contribution in [2.24, 2.45) is 0 Å². The normalized spacial score (nSPS) is 22.8. The number of fused-ring (bicyclic) bond motifs is 1. The first-order valence-electron chi connectivity index (χ1n) is 10.3. The Morgan fingerprint density at radius 1 is 1.37 bits per heavy atom. The maximum Gasteiger partial charge on any atom is 0.237 e. The summed E-state index contributed by atoms with van der Waals surface area (Å²) in [7, 11) is 1.65. The monoisotopic (exact) mass is 411 g/mol. The Bertz CT molecular complexity index is 954. The number of nitrogens with one attached hydrogen (secondary N) is 1. The lowest BCUT2D eigenvalue weighted by Gasteiger charge is -2.33. The number of carbonyl (C=O) groups excluding carboxylic acids is 1. The van der Waals surface area contributed by atoms with Gasteiger partial charge in [-0.15, -0.1) is 0 Å². The molecule has 30 heavy (non-hydrogen) atoms. The maximum absolute atomic E-state index is 13.6. The predicted molar refractivity (Wildman–Crippen MR) is 112 cm³/mol. The first-order valence-corrected chi connectivity index (χ1v) is 10.3. The summed E-state index contributed by atoms with van der Waals surface area (Å²) in [6.45, 7) is 1.84. The second kappa shape index (κ2) is 8.84. The van der Waals surface area contributed by atoms with E-state index in [0.29, 0.717) is 6.04 Å². The third-order valence-corrected chi connectivity index (χ3v) is 5.93. The van der Waals surface area contributed by atoms with E-state index >= 15 is 0 Å². The highest BCUT2D eigenvalue weighted by Gasteiger charge is 2.36. The number of nitrogens with zero attached hydrogens (tertiary/aromatic N) is 4. The average molecular weight is 411 g/mol. The minimum Gasteiger partial charge on any atom is -0.497 e. The van der Waals surface area contributed by atoms with Crippen LogP contribution in [-0.4, -0.2) is 72.2 Å². The van der Waals surface area contributed by atoms with E-state index in [1.807, 2.05) is 30.5 Å². The van der Waals surface area contributed by atoms with Crippen LogP contribution in [-0.2, 0) is 4.79 Å². The summed E-state index contributed by atoms with van der Waals surface area (Å²) in [5.74, 6) is 0.649. The molecule has 0 aliphatic carbocycles. The Labute approximate surface area is 175 Å². The molecule has 2 aromatic rings. The fourth-order valence-electron chi connectivity index (χ4n) is 4.25. The molecule has 1 aromatic heterocycles. The number of carbonyl (C=O) groups is 1. The van der Waals surface area contributed by atoms with Crippen molar-refractivity contribution in [3.8, 4) is 11.8 Å². The lowest BCUT2D eigenvalue weighted by atomic mass is 10.0. The van der Waals surface area contributed by atoms with E-state index in [1.54, 1.807) is 7.11 Å². The number of piperidine rings is 1. The molecule has 0 spiro atoms. The quantitative estimate of drug-likeness (QED) is 0.815. The molecule has 158 valence electrons. The first kappa shape index (κ1) is 20.4. The van der Waals surface area contributed by atoms with E-state index in [9.17, 15) is 9.18 Å². The number of benzene rings is 1. The Morgan fingerprint density at radius 2 is 2.17 bits per heavy atom. The molecular formula is C22H26FN5O2. The van der Waals surface area contributed by atoms with Gasteiger partial charge in [-0.25, -0.2) is 4.39 Å². The lowest BCUT2D eigenvalue weighted by molar-refractivity contribution is -0.132. The molecule has 1 amide bonds. The van der Waals surface area contributed by atoms with Gasteiger partial charge in [-0.3, -0.25) is 14.7 Å². The Balaban J connectivity index is 1.30. The molecule has 1 N–H and O–H groups in total. The number of likely N-dealkylation sites (tertiary alicyclic amines) is 2. The van der Waals surface area contributed by atoms with Crippen LogP contribution >= 0.6 is 0 Å². The number of amides is 1. The van der Waals surface area contributed by atoms with Crippen LogP contribution in [0.5, 0.6) is 5.75 Å². The molecule has 3 heterocycles. The molecular weight excluding hydrogens is 385 g/mol. The minimum absolute atomic E-state index is 0.0365. The SMILES string of the molecule is COc1ccc2ncc(NC3CCN(CC(=O)N4C[C@@H](F)CC4C#N)CC3)cc2c1. The number of aromatic nitrogens is 1. The van der Waals surface area contributed by atoms with Crippen molar-refractivity contribution >= 4 is 22.5 Å². The third-order valence-electron chi connectivity index (χ3n) is 5.93. The van der Waals surface area contributed by atoms with Gasteiger partial charge in [0.25, 0.3) is 0 Å². The van der Waals surface area contributed by atoms with Gasteiger partial charge in [0.15, 0.2) is 0 Å². The van der Waals surface area contributed by atoms with Crippen molar-refractivity contribution in [2.45, 2.75) is 37.5 Å². The van der Waals surface area contributed by atoms with Gasteiger partial charge >= 0.3 is 0 Å². The molecule has 0 bridgehead atoms. The largest absolute Gasteiger partial charge is 0.497 e. The van der Waals surface area contributed by atoms with Crippen molar-refractivity contribution < 1.29 is 13.9 Å². The number of nitriles is 1. The van der Waals surface area contributed by atoms with Crippen molar-refractivity contribution in [3.63, 3.8) is 0 Å². The summed E-state index contributed by atoms with van der Waals surface area (Å²) in [6, 6.07) is 9.59. The zero-order valence-electron chi connectivity index (χ0n) is 17.1. The number of hydrogen-bond donors (Lipinski definition) is 1. The van der Waals surface area contributed by atoms with Crippen LogP contribution < -0.4 is 10.1 Å². The first-order chi connectivity index (χ1) is 14.6. The van der Waals surface area contributed by atoms with E-state index in [-0.39, 0.29) is 25.4 Å². The maximum atomic E-state index is 13.6. The zero-order chi connectivity index (χ0) is 21.1. The molecule has 4 rings (SSSR count). The van der Waals surface area contributed by atoms with Crippen LogP contribution in [0.4, 0.5) is 10.1 Å². The highest BCUT2D eigenvalue weighted by atomic mass is 19.1. The van der Waals surface area contributed by atoms with Gasteiger partial charge in [-0.2, -0.15) is 5.26 Å². The molecule has 2 atom stereocenters. The molecule has 2 aliphatic heterocycles. The molecule has 7 nitrogen and oxygen atoms in total. The summed E-state index contributed by atoms with van der Waals surface area (Å²) < 4.78 is 18.9. The Kier molecular flexibility index (Phi) is 6.00. The van der Waals surface area contributed by atoms with E-state index in [1.165, 1.54) is 4.90 Å². The molecule has 0 saturated carbocycles. The van der Waals surface area contributed by atoms with Crippen molar-refractivity contribution in [1.82, 2.24) is 14.8 Å². The summed E-state index contributed by atoms with van der Waals surface area (Å²) in [5, 5.41) is 13.7. The second-order valence-electron chi connectivity index (χ2n) is 8.00. The number of pyridine rings is 1. The van der Waals surface area contributed by atoms with Crippen LogP contribution in [0, 0.1) is 11.3 Å². The van der Waals surface area contributed by atoms with E-state index in [2.05, 4.69) is 21.3 Å². The number of anilines is 1. The molecule has 2 fully saturated rings. The number of ether oxygens (including phenoxy) is 1. The number of alkyl halides is 1. The fraction of sp³-hybridized carbons (Fsp3) is 0.500. The minimum atomic E-state index is -1.09. The van der Waals surface area contributed by atoms with Crippen LogP contribution in [0.1, 0.15) is 19.3 Å². The van der Waals surface area contributed by atoms with Gasteiger partial charge in [0.1, 0.15) is 18.0 Å². The highest BCUT2D eigenvalue weighted by Crippen LogP contribution is 2.24. The third kappa shape index (κ3) is 4.46. The standard InChI is InChI=1S/C22H26FN5O2/c1-30-20-2-3-21-15(9-20)8-18(12-25-21)26-17-4-6-27(7-5-17)14-22(29)28-13-16(23)10-19(28)11-24/h2-3,8-9,12,16-17,19,26H,4-7,10,13-14H2,1H3/t16-,19?/m0/s1. The zero-order valence-corrected chi connectivity index (χ0v) is 17.1. The summed E-state index contributed by atoms with van der Waals surface area (Å²) in [4.78, 5) is 20.5. The molecule has 2 saturated heterocycles. The van der Waals surface area contributed by atoms with Crippen LogP contribution in [0.25, 0.3) is 10.9 Å². The molecule has 0 radical (unpaired) electrons. The molecule has 1 unspecified atom stereocenters. The van der Waals surface area contributed by atoms with Gasteiger partial charge < -0.3 is 15.0 Å². The van der Waals surface area contributed by atoms with E-state index in [0.717, 1.165) is 48.3 Å².